The van der Waals surface area contributed by atoms with Crippen LogP contribution < -0.4 is 16.0 Å². The molecule has 0 saturated carbocycles. The van der Waals surface area contributed by atoms with Crippen molar-refractivity contribution in [1.29, 1.82) is 0 Å². The number of aromatic nitrogens is 6. The third-order valence-corrected chi connectivity index (χ3v) is 5.82. The SMILES string of the molecule is Cc1ncn(CC2CCN(c3nc4c(cnn4C)c(=O)n3C)CC2)c(=O)c1C. The second-order valence-corrected chi connectivity index (χ2v) is 7.62. The number of aryl methyl sites for hydroxylation is 2. The minimum Gasteiger partial charge on any atom is -0.342 e. The zero-order valence-corrected chi connectivity index (χ0v) is 16.7. The maximum Gasteiger partial charge on any atom is 0.265 e. The Morgan fingerprint density at radius 3 is 2.54 bits per heavy atom. The van der Waals surface area contributed by atoms with Gasteiger partial charge in [0.15, 0.2) is 5.65 Å². The van der Waals surface area contributed by atoms with Crippen LogP contribution in [0.5, 0.6) is 0 Å². The van der Waals surface area contributed by atoms with Gasteiger partial charge in [0.25, 0.3) is 11.1 Å². The Balaban J connectivity index is 1.52. The predicted molar refractivity (Wildman–Crippen MR) is 107 cm³/mol. The molecule has 0 amide bonds. The number of nitrogens with zero attached hydrogens (tertiary/aromatic N) is 7. The van der Waals surface area contributed by atoms with Crippen LogP contribution in [-0.2, 0) is 20.6 Å². The van der Waals surface area contributed by atoms with Crippen LogP contribution in [0.2, 0.25) is 0 Å². The zero-order chi connectivity index (χ0) is 20.0. The first-order valence-corrected chi connectivity index (χ1v) is 9.53. The Kier molecular flexibility index (Phi) is 4.52. The molecule has 1 fully saturated rings. The third-order valence-electron chi connectivity index (χ3n) is 5.82. The summed E-state index contributed by atoms with van der Waals surface area (Å²) in [4.78, 5) is 36.2. The van der Waals surface area contributed by atoms with Gasteiger partial charge in [-0.05, 0) is 32.6 Å². The van der Waals surface area contributed by atoms with E-state index in [2.05, 4.69) is 20.0 Å². The van der Waals surface area contributed by atoms with Crippen LogP contribution >= 0.6 is 0 Å². The van der Waals surface area contributed by atoms with Crippen LogP contribution in [0, 0.1) is 19.8 Å². The average Bonchev–Trinajstić information content (AvgIpc) is 3.07. The molecule has 3 aromatic rings. The van der Waals surface area contributed by atoms with E-state index in [0.29, 0.717) is 35.0 Å². The highest BCUT2D eigenvalue weighted by molar-refractivity contribution is 5.74. The topological polar surface area (TPSA) is 90.8 Å². The van der Waals surface area contributed by atoms with Gasteiger partial charge in [-0.2, -0.15) is 10.1 Å². The summed E-state index contributed by atoms with van der Waals surface area (Å²) in [6.07, 6.45) is 5.08. The highest BCUT2D eigenvalue weighted by atomic mass is 16.1. The summed E-state index contributed by atoms with van der Waals surface area (Å²) in [6.45, 7) is 5.94. The Morgan fingerprint density at radius 2 is 1.82 bits per heavy atom. The van der Waals surface area contributed by atoms with Crippen molar-refractivity contribution in [2.75, 3.05) is 18.0 Å². The van der Waals surface area contributed by atoms with Gasteiger partial charge < -0.3 is 4.90 Å². The number of hydrogen-bond acceptors (Lipinski definition) is 6. The first kappa shape index (κ1) is 18.4. The largest absolute Gasteiger partial charge is 0.342 e. The van der Waals surface area contributed by atoms with Crippen molar-refractivity contribution >= 4 is 17.0 Å². The van der Waals surface area contributed by atoms with E-state index in [0.717, 1.165) is 31.6 Å². The summed E-state index contributed by atoms with van der Waals surface area (Å²) in [6, 6.07) is 0. The molecule has 3 aromatic heterocycles. The molecular formula is C19H25N7O2. The molecule has 0 radical (unpaired) electrons. The molecule has 0 aliphatic carbocycles. The second-order valence-electron chi connectivity index (χ2n) is 7.62. The molecule has 28 heavy (non-hydrogen) atoms. The summed E-state index contributed by atoms with van der Waals surface area (Å²) in [5.41, 5.74) is 2.06. The highest BCUT2D eigenvalue weighted by Crippen LogP contribution is 2.23. The van der Waals surface area contributed by atoms with Gasteiger partial charge in [0, 0.05) is 45.0 Å². The molecule has 4 heterocycles. The highest BCUT2D eigenvalue weighted by Gasteiger charge is 2.24. The van der Waals surface area contributed by atoms with Gasteiger partial charge in [-0.3, -0.25) is 23.4 Å². The molecule has 0 aromatic carbocycles. The van der Waals surface area contributed by atoms with Gasteiger partial charge >= 0.3 is 0 Å². The van der Waals surface area contributed by atoms with Crippen LogP contribution in [0.25, 0.3) is 11.0 Å². The van der Waals surface area contributed by atoms with Crippen LogP contribution in [0.3, 0.4) is 0 Å². The van der Waals surface area contributed by atoms with Crippen molar-refractivity contribution in [3.05, 3.63) is 44.5 Å². The predicted octanol–water partition coefficient (Wildman–Crippen LogP) is 0.757. The fraction of sp³-hybridized carbons (Fsp3) is 0.526. The molecule has 0 atom stereocenters. The van der Waals surface area contributed by atoms with Crippen LogP contribution in [-0.4, -0.2) is 42.0 Å². The van der Waals surface area contributed by atoms with E-state index in [4.69, 9.17) is 0 Å². The van der Waals surface area contributed by atoms with Crippen molar-refractivity contribution in [2.45, 2.75) is 33.2 Å². The smallest absolute Gasteiger partial charge is 0.265 e. The fourth-order valence-electron chi connectivity index (χ4n) is 3.84. The Hall–Kier alpha value is -2.97. The second kappa shape index (κ2) is 6.88. The Labute approximate surface area is 162 Å². The molecule has 9 heteroatoms. The fourth-order valence-corrected chi connectivity index (χ4v) is 3.84. The third kappa shape index (κ3) is 3.00. The van der Waals surface area contributed by atoms with Crippen molar-refractivity contribution in [1.82, 2.24) is 28.9 Å². The molecule has 1 saturated heterocycles. The minimum atomic E-state index is -0.0806. The van der Waals surface area contributed by atoms with E-state index in [-0.39, 0.29) is 11.1 Å². The number of hydrogen-bond donors (Lipinski definition) is 0. The molecule has 0 unspecified atom stereocenters. The molecule has 148 valence electrons. The first-order valence-electron chi connectivity index (χ1n) is 9.53. The van der Waals surface area contributed by atoms with E-state index in [1.54, 1.807) is 40.4 Å². The molecule has 4 rings (SSSR count). The maximum absolute atomic E-state index is 12.6. The lowest BCUT2D eigenvalue weighted by Crippen LogP contribution is -2.40. The number of fused-ring (bicyclic) bond motifs is 1. The Morgan fingerprint density at radius 1 is 1.11 bits per heavy atom. The van der Waals surface area contributed by atoms with Gasteiger partial charge in [0.2, 0.25) is 5.95 Å². The lowest BCUT2D eigenvalue weighted by molar-refractivity contribution is 0.347. The van der Waals surface area contributed by atoms with Crippen molar-refractivity contribution in [3.63, 3.8) is 0 Å². The van der Waals surface area contributed by atoms with E-state index >= 15 is 0 Å². The maximum atomic E-state index is 12.6. The van der Waals surface area contributed by atoms with Crippen molar-refractivity contribution in [2.24, 2.45) is 20.0 Å². The van der Waals surface area contributed by atoms with Crippen LogP contribution in [0.15, 0.2) is 22.1 Å². The lowest BCUT2D eigenvalue weighted by Gasteiger charge is -2.33. The normalized spacial score (nSPS) is 15.5. The van der Waals surface area contributed by atoms with Crippen LogP contribution in [0.1, 0.15) is 24.1 Å². The van der Waals surface area contributed by atoms with Crippen LogP contribution in [0.4, 0.5) is 5.95 Å². The molecular weight excluding hydrogens is 358 g/mol. The first-order chi connectivity index (χ1) is 13.4. The summed E-state index contributed by atoms with van der Waals surface area (Å²) in [7, 11) is 3.55. The van der Waals surface area contributed by atoms with Gasteiger partial charge in [-0.25, -0.2) is 4.98 Å². The summed E-state index contributed by atoms with van der Waals surface area (Å²) in [5.74, 6) is 1.07. The van der Waals surface area contributed by atoms with E-state index < -0.39 is 0 Å². The molecule has 9 nitrogen and oxygen atoms in total. The summed E-state index contributed by atoms with van der Waals surface area (Å²) >= 11 is 0. The Bertz CT molecular complexity index is 1150. The molecule has 0 bridgehead atoms. The molecule has 0 spiro atoms. The van der Waals surface area contributed by atoms with Crippen molar-refractivity contribution in [3.8, 4) is 0 Å². The van der Waals surface area contributed by atoms with E-state index in [1.807, 2.05) is 13.8 Å². The number of anilines is 1. The van der Waals surface area contributed by atoms with Gasteiger partial charge in [-0.15, -0.1) is 0 Å². The van der Waals surface area contributed by atoms with E-state index in [9.17, 15) is 9.59 Å². The average molecular weight is 383 g/mol. The van der Waals surface area contributed by atoms with Gasteiger partial charge in [0.05, 0.1) is 12.5 Å². The number of piperidine rings is 1. The summed E-state index contributed by atoms with van der Waals surface area (Å²) < 4.78 is 4.95. The zero-order valence-electron chi connectivity index (χ0n) is 16.7. The lowest BCUT2D eigenvalue weighted by atomic mass is 9.97. The minimum absolute atomic E-state index is 0.0423. The molecule has 1 aliphatic heterocycles. The quantitative estimate of drug-likeness (QED) is 0.663. The number of rotatable bonds is 3. The molecule has 0 N–H and O–H groups in total. The monoisotopic (exact) mass is 383 g/mol. The summed E-state index contributed by atoms with van der Waals surface area (Å²) in [5, 5.41) is 4.68. The standard InChI is InChI=1S/C19H25N7O2/c1-12-13(2)20-11-26(17(12)27)10-14-5-7-25(8-6-14)19-22-16-15(9-21-24(16)4)18(28)23(19)3/h9,11,14H,5-8,10H2,1-4H3. The molecule has 1 aliphatic rings. The van der Waals surface area contributed by atoms with Gasteiger partial charge in [-0.1, -0.05) is 0 Å². The van der Waals surface area contributed by atoms with Crippen molar-refractivity contribution < 1.29 is 0 Å². The van der Waals surface area contributed by atoms with Gasteiger partial charge in [0.1, 0.15) is 5.39 Å². The van der Waals surface area contributed by atoms with E-state index in [1.165, 1.54) is 0 Å².